The van der Waals surface area contributed by atoms with E-state index >= 15 is 0 Å². The zero-order valence-corrected chi connectivity index (χ0v) is 15.6. The molecule has 0 aromatic carbocycles. The van der Waals surface area contributed by atoms with E-state index in [-0.39, 0.29) is 11.8 Å². The first kappa shape index (κ1) is 20.4. The third kappa shape index (κ3) is 8.24. The van der Waals surface area contributed by atoms with Crippen LogP contribution in [0.25, 0.3) is 0 Å². The Labute approximate surface area is 137 Å². The molecule has 1 aliphatic rings. The van der Waals surface area contributed by atoms with Gasteiger partial charge in [-0.15, -0.1) is 0 Å². The SMILES string of the molecule is CCCCCCCCCCCCP(O)(O)(O)C1CCCCC1. The Kier molecular flexibility index (Phi) is 9.47. The quantitative estimate of drug-likeness (QED) is 0.325. The zero-order chi connectivity index (χ0) is 16.3. The van der Waals surface area contributed by atoms with Crippen LogP contribution in [-0.4, -0.2) is 26.5 Å². The molecule has 1 rings (SSSR count). The summed E-state index contributed by atoms with van der Waals surface area (Å²) in [6.07, 6.45) is 17.2. The van der Waals surface area contributed by atoms with Crippen molar-refractivity contribution in [2.24, 2.45) is 0 Å². The second-order valence-electron chi connectivity index (χ2n) is 7.42. The minimum atomic E-state index is -4.37. The van der Waals surface area contributed by atoms with E-state index in [1.807, 2.05) is 0 Å². The minimum absolute atomic E-state index is 0.229. The molecule has 0 heterocycles. The fourth-order valence-electron chi connectivity index (χ4n) is 3.70. The Balaban J connectivity index is 2.05. The summed E-state index contributed by atoms with van der Waals surface area (Å²) in [5.74, 6) is 0. The van der Waals surface area contributed by atoms with Gasteiger partial charge >= 0.3 is 137 Å². The summed E-state index contributed by atoms with van der Waals surface area (Å²) in [7, 11) is -4.37. The molecule has 0 amide bonds. The standard InChI is InChI=1S/C18H39O3P/c1-2-3-4-5-6-7-8-9-10-14-17-22(19,20,21)18-15-12-11-13-16-18/h18-21H,2-17H2,1H3. The molecular formula is C18H39O3P. The number of unbranched alkanes of at least 4 members (excludes halogenated alkanes) is 9. The van der Waals surface area contributed by atoms with Crippen LogP contribution >= 0.6 is 7.28 Å². The predicted octanol–water partition coefficient (Wildman–Crippen LogP) is 5.52. The van der Waals surface area contributed by atoms with E-state index in [4.69, 9.17) is 0 Å². The molecule has 0 unspecified atom stereocenters. The van der Waals surface area contributed by atoms with E-state index in [0.717, 1.165) is 44.9 Å². The van der Waals surface area contributed by atoms with Crippen molar-refractivity contribution in [1.82, 2.24) is 0 Å². The Morgan fingerprint density at radius 3 is 1.64 bits per heavy atom. The van der Waals surface area contributed by atoms with Gasteiger partial charge in [-0.25, -0.2) is 0 Å². The van der Waals surface area contributed by atoms with Crippen LogP contribution in [0.1, 0.15) is 103 Å². The maximum atomic E-state index is 10.4. The van der Waals surface area contributed by atoms with Gasteiger partial charge in [-0.1, -0.05) is 0 Å². The van der Waals surface area contributed by atoms with Crippen LogP contribution in [-0.2, 0) is 0 Å². The molecule has 0 bridgehead atoms. The summed E-state index contributed by atoms with van der Waals surface area (Å²) in [6.45, 7) is 2.24. The molecule has 0 atom stereocenters. The van der Waals surface area contributed by atoms with Crippen LogP contribution in [0.5, 0.6) is 0 Å². The maximum absolute atomic E-state index is 10.4. The topological polar surface area (TPSA) is 60.7 Å². The Hall–Kier alpha value is 0.310. The summed E-state index contributed by atoms with van der Waals surface area (Å²) >= 11 is 0. The van der Waals surface area contributed by atoms with Crippen molar-refractivity contribution in [2.45, 2.75) is 109 Å². The van der Waals surface area contributed by atoms with Crippen LogP contribution in [0.3, 0.4) is 0 Å². The molecule has 0 aromatic heterocycles. The molecule has 3 N–H and O–H groups in total. The Bertz CT molecular complexity index is 280. The molecule has 0 aliphatic heterocycles. The van der Waals surface area contributed by atoms with Crippen molar-refractivity contribution in [3.05, 3.63) is 0 Å². The Morgan fingerprint density at radius 2 is 1.14 bits per heavy atom. The zero-order valence-electron chi connectivity index (χ0n) is 14.7. The second-order valence-corrected chi connectivity index (χ2v) is 11.0. The number of hydrogen-bond acceptors (Lipinski definition) is 3. The summed E-state index contributed by atoms with van der Waals surface area (Å²) in [5, 5.41) is 0. The van der Waals surface area contributed by atoms with E-state index in [2.05, 4.69) is 6.92 Å². The molecular weight excluding hydrogens is 295 g/mol. The van der Waals surface area contributed by atoms with Crippen molar-refractivity contribution in [3.63, 3.8) is 0 Å². The summed E-state index contributed by atoms with van der Waals surface area (Å²) in [6, 6.07) is 0. The monoisotopic (exact) mass is 334 g/mol. The molecule has 0 radical (unpaired) electrons. The van der Waals surface area contributed by atoms with Gasteiger partial charge in [0.1, 0.15) is 0 Å². The van der Waals surface area contributed by atoms with Crippen molar-refractivity contribution < 1.29 is 14.7 Å². The van der Waals surface area contributed by atoms with Gasteiger partial charge in [0, 0.05) is 0 Å². The van der Waals surface area contributed by atoms with E-state index in [1.165, 1.54) is 51.4 Å². The molecule has 0 saturated heterocycles. The second kappa shape index (κ2) is 10.2. The van der Waals surface area contributed by atoms with Crippen molar-refractivity contribution >= 4 is 7.28 Å². The van der Waals surface area contributed by atoms with Gasteiger partial charge in [0.25, 0.3) is 0 Å². The first-order chi connectivity index (χ1) is 10.4. The fourth-order valence-corrected chi connectivity index (χ4v) is 6.31. The van der Waals surface area contributed by atoms with Gasteiger partial charge in [-0.2, -0.15) is 0 Å². The third-order valence-corrected chi connectivity index (χ3v) is 8.45. The van der Waals surface area contributed by atoms with Gasteiger partial charge in [0.05, 0.1) is 0 Å². The van der Waals surface area contributed by atoms with E-state index in [9.17, 15) is 14.7 Å². The van der Waals surface area contributed by atoms with Gasteiger partial charge in [-0.05, 0) is 0 Å². The van der Waals surface area contributed by atoms with Crippen LogP contribution in [0.15, 0.2) is 0 Å². The van der Waals surface area contributed by atoms with Crippen molar-refractivity contribution in [3.8, 4) is 0 Å². The van der Waals surface area contributed by atoms with E-state index < -0.39 is 7.28 Å². The van der Waals surface area contributed by atoms with Crippen LogP contribution in [0.4, 0.5) is 0 Å². The summed E-state index contributed by atoms with van der Waals surface area (Å²) in [4.78, 5) is 31.1. The van der Waals surface area contributed by atoms with Gasteiger partial charge in [-0.3, -0.25) is 0 Å². The first-order valence-corrected chi connectivity index (χ1v) is 12.0. The number of hydrogen-bond donors (Lipinski definition) is 3. The van der Waals surface area contributed by atoms with E-state index in [1.54, 1.807) is 0 Å². The summed E-state index contributed by atoms with van der Waals surface area (Å²) in [5.41, 5.74) is -0.238. The molecule has 3 nitrogen and oxygen atoms in total. The van der Waals surface area contributed by atoms with Crippen LogP contribution in [0.2, 0.25) is 0 Å². The number of rotatable bonds is 12. The van der Waals surface area contributed by atoms with Gasteiger partial charge in [0.15, 0.2) is 0 Å². The molecule has 1 saturated carbocycles. The predicted molar refractivity (Wildman–Crippen MR) is 97.2 cm³/mol. The van der Waals surface area contributed by atoms with Crippen molar-refractivity contribution in [2.75, 3.05) is 6.16 Å². The van der Waals surface area contributed by atoms with Gasteiger partial charge < -0.3 is 0 Å². The van der Waals surface area contributed by atoms with Gasteiger partial charge in [0.2, 0.25) is 0 Å². The normalized spacial score (nSPS) is 19.0. The average Bonchev–Trinajstić information content (AvgIpc) is 2.50. The fraction of sp³-hybridized carbons (Fsp3) is 1.00. The molecule has 4 heteroatoms. The van der Waals surface area contributed by atoms with Crippen LogP contribution in [0, 0.1) is 0 Å². The van der Waals surface area contributed by atoms with Crippen LogP contribution < -0.4 is 0 Å². The third-order valence-electron chi connectivity index (χ3n) is 5.26. The molecule has 134 valence electrons. The molecule has 0 spiro atoms. The Morgan fingerprint density at radius 1 is 0.682 bits per heavy atom. The van der Waals surface area contributed by atoms with Crippen molar-refractivity contribution in [1.29, 1.82) is 0 Å². The molecule has 22 heavy (non-hydrogen) atoms. The molecule has 0 aromatic rings. The summed E-state index contributed by atoms with van der Waals surface area (Å²) < 4.78 is 0. The average molecular weight is 334 g/mol. The first-order valence-electron chi connectivity index (χ1n) is 9.70. The van der Waals surface area contributed by atoms with E-state index in [0.29, 0.717) is 0 Å². The molecule has 1 aliphatic carbocycles. The molecule has 1 fully saturated rings.